The van der Waals surface area contributed by atoms with Crippen molar-refractivity contribution in [2.75, 3.05) is 11.9 Å². The van der Waals surface area contributed by atoms with Crippen molar-refractivity contribution in [2.24, 2.45) is 0 Å². The average molecular weight is 194 g/mol. The predicted octanol–water partition coefficient (Wildman–Crippen LogP) is 1.63. The highest BCUT2D eigenvalue weighted by Gasteiger charge is 2.28. The van der Waals surface area contributed by atoms with E-state index in [1.54, 1.807) is 0 Å². The average Bonchev–Trinajstić information content (AvgIpc) is 2.99. The molecular weight excluding hydrogens is 183 g/mol. The summed E-state index contributed by atoms with van der Waals surface area (Å²) in [6.07, 6.45) is 5.35. The van der Waals surface area contributed by atoms with Gasteiger partial charge in [-0.3, -0.25) is 9.78 Å². The van der Waals surface area contributed by atoms with E-state index in [1.807, 2.05) is 11.9 Å². The summed E-state index contributed by atoms with van der Waals surface area (Å²) in [5.41, 5.74) is 0.692. The van der Waals surface area contributed by atoms with Gasteiger partial charge in [0.05, 0.1) is 23.6 Å². The molecular formula is C10H11FN2O. The highest BCUT2D eigenvalue weighted by molar-refractivity contribution is 5.84. The van der Waals surface area contributed by atoms with E-state index in [4.69, 9.17) is 0 Å². The molecule has 3 nitrogen and oxygen atoms in total. The first kappa shape index (κ1) is 9.12. The summed E-state index contributed by atoms with van der Waals surface area (Å²) in [5.74, 6) is -0.551. The number of halogens is 1. The normalized spacial score (nSPS) is 15.3. The van der Waals surface area contributed by atoms with Crippen molar-refractivity contribution in [2.45, 2.75) is 18.9 Å². The molecule has 0 N–H and O–H groups in total. The number of hydrogen-bond donors (Lipinski definition) is 0. The van der Waals surface area contributed by atoms with Crippen LogP contribution >= 0.6 is 0 Å². The summed E-state index contributed by atoms with van der Waals surface area (Å²) in [7, 11) is 1.86. The molecule has 0 amide bonds. The highest BCUT2D eigenvalue weighted by Crippen LogP contribution is 2.31. The van der Waals surface area contributed by atoms with Crippen molar-refractivity contribution in [3.63, 3.8) is 0 Å². The summed E-state index contributed by atoms with van der Waals surface area (Å²) >= 11 is 0. The van der Waals surface area contributed by atoms with Gasteiger partial charge < -0.3 is 4.90 Å². The second kappa shape index (κ2) is 3.36. The number of hydrogen-bond acceptors (Lipinski definition) is 3. The minimum absolute atomic E-state index is 0.106. The smallest absolute Gasteiger partial charge is 0.155 e. The second-order valence-electron chi connectivity index (χ2n) is 3.51. The molecule has 0 spiro atoms. The Bertz CT molecular complexity index is 363. The number of carbonyl (C=O) groups excluding carboxylic acids is 1. The molecule has 1 saturated carbocycles. The molecule has 2 rings (SSSR count). The maximum atomic E-state index is 13.2. The molecule has 1 fully saturated rings. The largest absolute Gasteiger partial charge is 0.370 e. The number of aldehydes is 1. The van der Waals surface area contributed by atoms with Gasteiger partial charge in [-0.25, -0.2) is 4.39 Å². The summed E-state index contributed by atoms with van der Waals surface area (Å²) in [4.78, 5) is 16.4. The van der Waals surface area contributed by atoms with Crippen molar-refractivity contribution in [1.82, 2.24) is 4.98 Å². The Morgan fingerprint density at radius 2 is 2.29 bits per heavy atom. The minimum atomic E-state index is -0.551. The van der Waals surface area contributed by atoms with Gasteiger partial charge in [0.1, 0.15) is 0 Å². The number of anilines is 1. The Hall–Kier alpha value is -1.45. The zero-order chi connectivity index (χ0) is 10.1. The van der Waals surface area contributed by atoms with Gasteiger partial charge in [-0.05, 0) is 12.8 Å². The Labute approximate surface area is 81.6 Å². The fourth-order valence-corrected chi connectivity index (χ4v) is 1.49. The Balaban J connectivity index is 2.39. The van der Waals surface area contributed by atoms with Crippen LogP contribution in [-0.2, 0) is 0 Å². The van der Waals surface area contributed by atoms with Crippen LogP contribution in [0.5, 0.6) is 0 Å². The molecule has 74 valence electrons. The van der Waals surface area contributed by atoms with Gasteiger partial charge in [0, 0.05) is 13.1 Å². The van der Waals surface area contributed by atoms with Gasteiger partial charge >= 0.3 is 0 Å². The van der Waals surface area contributed by atoms with Crippen LogP contribution in [0.3, 0.4) is 0 Å². The SMILES string of the molecule is CN(c1cncc(F)c1C=O)C1CC1. The number of nitrogens with zero attached hydrogens (tertiary/aromatic N) is 2. The molecule has 0 aromatic carbocycles. The third-order valence-corrected chi connectivity index (χ3v) is 2.51. The van der Waals surface area contributed by atoms with Gasteiger partial charge in [-0.15, -0.1) is 0 Å². The van der Waals surface area contributed by atoms with E-state index in [9.17, 15) is 9.18 Å². The molecule has 1 aromatic heterocycles. The molecule has 1 aliphatic carbocycles. The lowest BCUT2D eigenvalue weighted by Gasteiger charge is -2.19. The molecule has 14 heavy (non-hydrogen) atoms. The van der Waals surface area contributed by atoms with Crippen molar-refractivity contribution in [3.05, 3.63) is 23.8 Å². The molecule has 0 radical (unpaired) electrons. The van der Waals surface area contributed by atoms with Gasteiger partial charge in [0.2, 0.25) is 0 Å². The molecule has 0 bridgehead atoms. The van der Waals surface area contributed by atoms with E-state index in [1.165, 1.54) is 6.20 Å². The first-order chi connectivity index (χ1) is 6.74. The lowest BCUT2D eigenvalue weighted by molar-refractivity contribution is 0.112. The van der Waals surface area contributed by atoms with Crippen LogP contribution in [0, 0.1) is 5.82 Å². The fraction of sp³-hybridized carbons (Fsp3) is 0.400. The third-order valence-electron chi connectivity index (χ3n) is 2.51. The van der Waals surface area contributed by atoms with Crippen molar-refractivity contribution < 1.29 is 9.18 Å². The number of aromatic nitrogens is 1. The summed E-state index contributed by atoms with van der Waals surface area (Å²) in [5, 5.41) is 0. The van der Waals surface area contributed by atoms with Crippen LogP contribution < -0.4 is 4.90 Å². The first-order valence-electron chi connectivity index (χ1n) is 4.55. The molecule has 0 unspecified atom stereocenters. The van der Waals surface area contributed by atoms with E-state index >= 15 is 0 Å². The first-order valence-corrected chi connectivity index (χ1v) is 4.55. The Morgan fingerprint density at radius 1 is 1.57 bits per heavy atom. The molecule has 0 atom stereocenters. The van der Waals surface area contributed by atoms with Gasteiger partial charge in [-0.2, -0.15) is 0 Å². The highest BCUT2D eigenvalue weighted by atomic mass is 19.1. The van der Waals surface area contributed by atoms with E-state index in [0.29, 0.717) is 18.0 Å². The van der Waals surface area contributed by atoms with Crippen molar-refractivity contribution in [3.8, 4) is 0 Å². The van der Waals surface area contributed by atoms with Crippen molar-refractivity contribution in [1.29, 1.82) is 0 Å². The molecule has 4 heteroatoms. The standard InChI is InChI=1S/C10H11FN2O/c1-13(7-2-3-7)10-5-12-4-9(11)8(10)6-14/h4-7H,2-3H2,1H3. The van der Waals surface area contributed by atoms with Crippen LogP contribution in [0.2, 0.25) is 0 Å². The van der Waals surface area contributed by atoms with Gasteiger partial charge in [-0.1, -0.05) is 0 Å². The van der Waals surface area contributed by atoms with E-state index in [2.05, 4.69) is 4.98 Å². The molecule has 1 heterocycles. The zero-order valence-electron chi connectivity index (χ0n) is 7.90. The topological polar surface area (TPSA) is 33.2 Å². The van der Waals surface area contributed by atoms with Gasteiger partial charge in [0.15, 0.2) is 12.1 Å². The molecule has 1 aliphatic rings. The molecule has 0 saturated heterocycles. The minimum Gasteiger partial charge on any atom is -0.370 e. The van der Waals surface area contributed by atoms with E-state index in [0.717, 1.165) is 19.0 Å². The Kier molecular flexibility index (Phi) is 2.19. The quantitative estimate of drug-likeness (QED) is 0.686. The van der Waals surface area contributed by atoms with Crippen LogP contribution in [-0.4, -0.2) is 24.4 Å². The zero-order valence-corrected chi connectivity index (χ0v) is 7.90. The van der Waals surface area contributed by atoms with Crippen LogP contribution in [0.25, 0.3) is 0 Å². The van der Waals surface area contributed by atoms with E-state index in [-0.39, 0.29) is 5.56 Å². The Morgan fingerprint density at radius 3 is 2.86 bits per heavy atom. The lowest BCUT2D eigenvalue weighted by Crippen LogP contribution is -2.21. The number of carbonyl (C=O) groups is 1. The van der Waals surface area contributed by atoms with Gasteiger partial charge in [0.25, 0.3) is 0 Å². The number of rotatable bonds is 3. The van der Waals surface area contributed by atoms with Crippen LogP contribution in [0.1, 0.15) is 23.2 Å². The van der Waals surface area contributed by atoms with Crippen molar-refractivity contribution >= 4 is 12.0 Å². The lowest BCUT2D eigenvalue weighted by atomic mass is 10.2. The van der Waals surface area contributed by atoms with E-state index < -0.39 is 5.82 Å². The number of pyridine rings is 1. The summed E-state index contributed by atoms with van der Waals surface area (Å²) in [6.45, 7) is 0. The maximum absolute atomic E-state index is 13.2. The second-order valence-corrected chi connectivity index (χ2v) is 3.51. The maximum Gasteiger partial charge on any atom is 0.155 e. The predicted molar refractivity (Wildman–Crippen MR) is 51.0 cm³/mol. The summed E-state index contributed by atoms with van der Waals surface area (Å²) < 4.78 is 13.2. The fourth-order valence-electron chi connectivity index (χ4n) is 1.49. The van der Waals surface area contributed by atoms with Crippen LogP contribution in [0.4, 0.5) is 10.1 Å². The molecule has 1 aromatic rings. The summed E-state index contributed by atoms with van der Waals surface area (Å²) in [6, 6.07) is 0.442. The third kappa shape index (κ3) is 1.47. The molecule has 0 aliphatic heterocycles. The van der Waals surface area contributed by atoms with Crippen LogP contribution in [0.15, 0.2) is 12.4 Å². The monoisotopic (exact) mass is 194 g/mol.